The minimum atomic E-state index is -0.810. The van der Waals surface area contributed by atoms with E-state index in [1.807, 2.05) is 6.08 Å². The van der Waals surface area contributed by atoms with Gasteiger partial charge in [0.25, 0.3) is 5.56 Å². The Bertz CT molecular complexity index is 1010. The average Bonchev–Trinajstić information content (AvgIpc) is 2.85. The van der Waals surface area contributed by atoms with Crippen LogP contribution in [-0.2, 0) is 4.74 Å². The van der Waals surface area contributed by atoms with E-state index in [4.69, 9.17) is 4.74 Å². The number of fused-ring (bicyclic) bond motifs is 1. The lowest BCUT2D eigenvalue weighted by atomic mass is 10.2. The van der Waals surface area contributed by atoms with Crippen molar-refractivity contribution in [3.05, 3.63) is 62.5 Å². The summed E-state index contributed by atoms with van der Waals surface area (Å²) in [6.45, 7) is 0. The molecular weight excluding hydrogens is 315 g/mol. The summed E-state index contributed by atoms with van der Waals surface area (Å²) >= 11 is 0. The molecule has 1 heterocycles. The molecule has 0 saturated carbocycles. The zero-order chi connectivity index (χ0) is 17.1. The molecule has 1 aromatic heterocycles. The predicted molar refractivity (Wildman–Crippen MR) is 84.6 cm³/mol. The number of allylic oxidation sites excluding steroid dienone is 2. The van der Waals surface area contributed by atoms with E-state index >= 15 is 0 Å². The van der Waals surface area contributed by atoms with E-state index in [1.165, 1.54) is 12.1 Å². The van der Waals surface area contributed by atoms with Crippen LogP contribution in [0.1, 0.15) is 16.8 Å². The van der Waals surface area contributed by atoms with Crippen molar-refractivity contribution >= 4 is 18.1 Å². The third-order valence-corrected chi connectivity index (χ3v) is 3.44. The second-order valence-corrected chi connectivity index (χ2v) is 4.96. The monoisotopic (exact) mass is 328 g/mol. The van der Waals surface area contributed by atoms with Crippen molar-refractivity contribution in [3.63, 3.8) is 0 Å². The van der Waals surface area contributed by atoms with Gasteiger partial charge < -0.3 is 9.47 Å². The number of rotatable bonds is 3. The van der Waals surface area contributed by atoms with Crippen LogP contribution in [0, 0.1) is 5.82 Å². The molecule has 122 valence electrons. The summed E-state index contributed by atoms with van der Waals surface area (Å²) in [5.41, 5.74) is -0.586. The van der Waals surface area contributed by atoms with Crippen molar-refractivity contribution < 1.29 is 18.7 Å². The highest BCUT2D eigenvalue weighted by Gasteiger charge is 2.14. The molecule has 1 aliphatic carbocycles. The number of benzene rings is 1. The van der Waals surface area contributed by atoms with E-state index in [9.17, 15) is 14.0 Å². The highest BCUT2D eigenvalue weighted by atomic mass is 19.1. The first kappa shape index (κ1) is 15.7. The third kappa shape index (κ3) is 2.96. The molecule has 0 fully saturated rings. The fourth-order valence-electron chi connectivity index (χ4n) is 2.27. The molecule has 1 N–H and O–H groups in total. The van der Waals surface area contributed by atoms with Crippen LogP contribution in [0.2, 0.25) is 0 Å². The molecule has 0 amide bonds. The van der Waals surface area contributed by atoms with Crippen molar-refractivity contribution in [3.8, 4) is 11.6 Å². The number of halogens is 1. The number of aromatic amines is 1. The van der Waals surface area contributed by atoms with Gasteiger partial charge in [-0.3, -0.25) is 4.79 Å². The van der Waals surface area contributed by atoms with Gasteiger partial charge in [-0.05, 0) is 30.7 Å². The number of hydrogen-bond donors (Lipinski definition) is 1. The van der Waals surface area contributed by atoms with Gasteiger partial charge in [-0.1, -0.05) is 18.2 Å². The van der Waals surface area contributed by atoms with Gasteiger partial charge in [0.15, 0.2) is 0 Å². The highest BCUT2D eigenvalue weighted by Crippen LogP contribution is 2.20. The molecule has 0 unspecified atom stereocenters. The largest absolute Gasteiger partial charge is 0.465 e. The van der Waals surface area contributed by atoms with Gasteiger partial charge in [-0.25, -0.2) is 14.3 Å². The van der Waals surface area contributed by atoms with Gasteiger partial charge in [0.1, 0.15) is 11.6 Å². The third-order valence-electron chi connectivity index (χ3n) is 3.44. The normalized spacial score (nSPS) is 12.4. The predicted octanol–water partition coefficient (Wildman–Crippen LogP) is 1.01. The van der Waals surface area contributed by atoms with Crippen molar-refractivity contribution in [2.24, 2.45) is 0 Å². The quantitative estimate of drug-likeness (QED) is 0.851. The topological polar surface area (TPSA) is 81.3 Å². The summed E-state index contributed by atoms with van der Waals surface area (Å²) < 4.78 is 23.9. The van der Waals surface area contributed by atoms with Crippen molar-refractivity contribution in [2.75, 3.05) is 7.11 Å². The van der Waals surface area contributed by atoms with E-state index in [2.05, 4.69) is 14.9 Å². The summed E-state index contributed by atoms with van der Waals surface area (Å²) in [5.74, 6) is -1.17. The highest BCUT2D eigenvalue weighted by molar-refractivity contribution is 5.90. The summed E-state index contributed by atoms with van der Waals surface area (Å²) in [7, 11) is 1.16. The van der Waals surface area contributed by atoms with Crippen molar-refractivity contribution in [1.82, 2.24) is 10.2 Å². The summed E-state index contributed by atoms with van der Waals surface area (Å²) in [4.78, 5) is 23.4. The molecule has 0 spiro atoms. The van der Waals surface area contributed by atoms with Gasteiger partial charge in [0, 0.05) is 5.22 Å². The SMILES string of the molecule is COC(=O)c1cc(Oc2n[nH]c(=O)c3c2=CCC=CC=3)ccc1F. The average molecular weight is 328 g/mol. The summed E-state index contributed by atoms with van der Waals surface area (Å²) in [6, 6.07) is 3.68. The molecule has 0 atom stereocenters. The summed E-state index contributed by atoms with van der Waals surface area (Å²) in [5, 5.41) is 7.21. The molecule has 0 bridgehead atoms. The number of carbonyl (C=O) groups excluding carboxylic acids is 1. The maximum absolute atomic E-state index is 13.7. The van der Waals surface area contributed by atoms with Crippen LogP contribution in [0.15, 0.2) is 35.1 Å². The Labute approximate surface area is 135 Å². The first-order valence-corrected chi connectivity index (χ1v) is 7.11. The first-order chi connectivity index (χ1) is 11.6. The smallest absolute Gasteiger partial charge is 0.340 e. The zero-order valence-electron chi connectivity index (χ0n) is 12.7. The molecule has 0 aliphatic heterocycles. The van der Waals surface area contributed by atoms with Crippen LogP contribution >= 0.6 is 0 Å². The summed E-state index contributed by atoms with van der Waals surface area (Å²) in [6.07, 6.45) is 7.74. The van der Waals surface area contributed by atoms with Crippen molar-refractivity contribution in [2.45, 2.75) is 6.42 Å². The zero-order valence-corrected chi connectivity index (χ0v) is 12.7. The molecule has 6 nitrogen and oxygen atoms in total. The Morgan fingerprint density at radius 2 is 2.17 bits per heavy atom. The molecular formula is C17H13FN2O4. The van der Waals surface area contributed by atoms with Gasteiger partial charge in [-0.2, -0.15) is 0 Å². The van der Waals surface area contributed by atoms with E-state index < -0.39 is 11.8 Å². The van der Waals surface area contributed by atoms with Gasteiger partial charge in [0.05, 0.1) is 17.9 Å². The van der Waals surface area contributed by atoms with Crippen LogP contribution in [0.4, 0.5) is 4.39 Å². The Morgan fingerprint density at radius 1 is 1.33 bits per heavy atom. The lowest BCUT2D eigenvalue weighted by Crippen LogP contribution is -2.42. The maximum atomic E-state index is 13.7. The lowest BCUT2D eigenvalue weighted by molar-refractivity contribution is 0.0595. The molecule has 0 saturated heterocycles. The number of esters is 1. The Balaban J connectivity index is 2.07. The maximum Gasteiger partial charge on any atom is 0.340 e. The standard InChI is InChI=1S/C17H13FN2O4/c1-23-17(22)13-9-10(7-8-14(13)18)24-16-12-6-4-2-3-5-11(12)15(21)19-20-16/h2-3,5-9H,4H2,1H3,(H,19,21). The molecule has 24 heavy (non-hydrogen) atoms. The molecule has 1 aromatic carbocycles. The number of carbonyl (C=O) groups is 1. The Hall–Kier alpha value is -3.22. The van der Waals surface area contributed by atoms with Crippen LogP contribution in [0.3, 0.4) is 0 Å². The van der Waals surface area contributed by atoms with Crippen LogP contribution in [0.5, 0.6) is 11.6 Å². The number of nitrogens with one attached hydrogen (secondary N) is 1. The number of nitrogens with zero attached hydrogens (tertiary/aromatic N) is 1. The van der Waals surface area contributed by atoms with Gasteiger partial charge in [0.2, 0.25) is 5.88 Å². The molecule has 0 radical (unpaired) electrons. The second-order valence-electron chi connectivity index (χ2n) is 4.96. The Kier molecular flexibility index (Phi) is 4.24. The van der Waals surface area contributed by atoms with Crippen LogP contribution < -0.4 is 20.7 Å². The minimum absolute atomic E-state index is 0.159. The van der Waals surface area contributed by atoms with E-state index in [0.717, 1.165) is 13.2 Å². The van der Waals surface area contributed by atoms with Crippen molar-refractivity contribution in [1.29, 1.82) is 0 Å². The first-order valence-electron chi connectivity index (χ1n) is 7.11. The number of hydrogen-bond acceptors (Lipinski definition) is 5. The number of methoxy groups -OCH3 is 1. The Morgan fingerprint density at radius 3 is 2.96 bits per heavy atom. The molecule has 3 rings (SSSR count). The molecule has 2 aromatic rings. The van der Waals surface area contributed by atoms with E-state index in [1.54, 1.807) is 18.2 Å². The number of H-pyrrole nitrogens is 1. The minimum Gasteiger partial charge on any atom is -0.465 e. The second kappa shape index (κ2) is 6.49. The van der Waals surface area contributed by atoms with Gasteiger partial charge >= 0.3 is 5.97 Å². The van der Waals surface area contributed by atoms with Crippen LogP contribution in [0.25, 0.3) is 12.2 Å². The number of aromatic nitrogens is 2. The number of ether oxygens (including phenoxy) is 2. The fourth-order valence-corrected chi connectivity index (χ4v) is 2.27. The van der Waals surface area contributed by atoms with Crippen LogP contribution in [-0.4, -0.2) is 23.3 Å². The fraction of sp³-hybridized carbons (Fsp3) is 0.118. The molecule has 1 aliphatic rings. The molecule has 7 heteroatoms. The van der Waals surface area contributed by atoms with Gasteiger partial charge in [-0.15, -0.1) is 5.10 Å². The van der Waals surface area contributed by atoms with E-state index in [-0.39, 0.29) is 22.8 Å². The van der Waals surface area contributed by atoms with E-state index in [0.29, 0.717) is 16.9 Å². The lowest BCUT2D eigenvalue weighted by Gasteiger charge is -2.07.